The monoisotopic (exact) mass is 238 g/mol. The van der Waals surface area contributed by atoms with Gasteiger partial charge < -0.3 is 0 Å². The van der Waals surface area contributed by atoms with Crippen LogP contribution in [0.5, 0.6) is 0 Å². The Hall–Kier alpha value is -1.50. The Morgan fingerprint density at radius 1 is 1.08 bits per heavy atom. The average molecular weight is 239 g/mol. The van der Waals surface area contributed by atoms with Gasteiger partial charge in [-0.15, -0.1) is 20.4 Å². The third-order valence-electron chi connectivity index (χ3n) is 1.78. The first-order chi connectivity index (χ1) is 6.36. The number of halogens is 1. The van der Waals surface area contributed by atoms with Gasteiger partial charge in [0.05, 0.1) is 0 Å². The summed E-state index contributed by atoms with van der Waals surface area (Å²) in [6.07, 6.45) is 1.61. The maximum atomic E-state index is 3.94. The van der Waals surface area contributed by atoms with Gasteiger partial charge in [-0.3, -0.25) is 0 Å². The van der Waals surface area contributed by atoms with Crippen LogP contribution in [0.4, 0.5) is 0 Å². The first-order valence-electron chi connectivity index (χ1n) is 3.56. The highest BCUT2D eigenvalue weighted by Gasteiger charge is 2.05. The molecule has 0 fully saturated rings. The van der Waals surface area contributed by atoms with E-state index in [1.807, 2.05) is 12.1 Å². The lowest BCUT2D eigenvalue weighted by Crippen LogP contribution is -1.98. The Kier molecular flexibility index (Phi) is 1.21. The number of hydrogen-bond acceptors (Lipinski definition) is 4. The van der Waals surface area contributed by atoms with Crippen molar-refractivity contribution in [2.45, 2.75) is 0 Å². The minimum Gasteiger partial charge on any atom is -0.212 e. The van der Waals surface area contributed by atoms with E-state index in [0.717, 1.165) is 11.3 Å². The summed E-state index contributed by atoms with van der Waals surface area (Å²) in [7, 11) is 0. The molecule has 0 aromatic carbocycles. The maximum Gasteiger partial charge on any atom is 0.219 e. The molecule has 0 atom stereocenters. The Morgan fingerprint density at radius 2 is 1.92 bits per heavy atom. The van der Waals surface area contributed by atoms with Gasteiger partial charge in [-0.05, 0) is 28.1 Å². The minimum absolute atomic E-state index is 0.632. The molecule has 0 aliphatic carbocycles. The zero-order valence-electron chi connectivity index (χ0n) is 6.29. The van der Waals surface area contributed by atoms with Crippen molar-refractivity contribution in [3.63, 3.8) is 0 Å². The Morgan fingerprint density at radius 3 is 2.85 bits per heavy atom. The van der Waals surface area contributed by atoms with Gasteiger partial charge in [0.1, 0.15) is 6.33 Å². The Labute approximate surface area is 80.3 Å². The largest absolute Gasteiger partial charge is 0.219 e. The van der Waals surface area contributed by atoms with E-state index >= 15 is 0 Å². The molecule has 3 aromatic rings. The van der Waals surface area contributed by atoms with Crippen LogP contribution in [-0.4, -0.2) is 29.4 Å². The van der Waals surface area contributed by atoms with Crippen molar-refractivity contribution in [1.82, 2.24) is 29.4 Å². The second-order valence-electron chi connectivity index (χ2n) is 2.51. The van der Waals surface area contributed by atoms with Crippen molar-refractivity contribution < 1.29 is 0 Å². The normalized spacial score (nSPS) is 11.5. The molecule has 0 N–H and O–H groups in total. The zero-order valence-corrected chi connectivity index (χ0v) is 7.88. The van der Waals surface area contributed by atoms with Crippen LogP contribution in [-0.2, 0) is 0 Å². The van der Waals surface area contributed by atoms with Gasteiger partial charge in [-0.25, -0.2) is 9.03 Å². The fraction of sp³-hybridized carbons (Fsp3) is 0. The number of nitrogens with zero attached hydrogens (tertiary/aromatic N) is 6. The van der Waals surface area contributed by atoms with Crippen molar-refractivity contribution in [2.75, 3.05) is 0 Å². The van der Waals surface area contributed by atoms with E-state index < -0.39 is 0 Å². The molecule has 0 spiro atoms. The molecule has 0 bridgehead atoms. The van der Waals surface area contributed by atoms with Crippen molar-refractivity contribution in [2.24, 2.45) is 0 Å². The molecule has 3 aromatic heterocycles. The summed E-state index contributed by atoms with van der Waals surface area (Å²) >= 11 is 3.29. The highest BCUT2D eigenvalue weighted by Crippen LogP contribution is 2.10. The second kappa shape index (κ2) is 2.25. The molecule has 6 nitrogen and oxygen atoms in total. The van der Waals surface area contributed by atoms with E-state index in [1.165, 1.54) is 0 Å². The maximum absolute atomic E-state index is 3.94. The third-order valence-corrected chi connectivity index (χ3v) is 2.27. The van der Waals surface area contributed by atoms with Gasteiger partial charge in [-0.2, -0.15) is 0 Å². The molecule has 0 saturated heterocycles. The van der Waals surface area contributed by atoms with Crippen molar-refractivity contribution in [1.29, 1.82) is 0 Å². The Bertz CT molecular complexity index is 581. The van der Waals surface area contributed by atoms with Crippen LogP contribution in [0.2, 0.25) is 0 Å². The van der Waals surface area contributed by atoms with E-state index in [9.17, 15) is 0 Å². The number of fused-ring (bicyclic) bond motifs is 3. The SMILES string of the molecule is Brc1nnc2ccc3nncn3n12. The van der Waals surface area contributed by atoms with Crippen LogP contribution in [0.3, 0.4) is 0 Å². The smallest absolute Gasteiger partial charge is 0.212 e. The van der Waals surface area contributed by atoms with Crippen LogP contribution < -0.4 is 0 Å². The van der Waals surface area contributed by atoms with E-state index in [4.69, 9.17) is 0 Å². The summed E-state index contributed by atoms with van der Waals surface area (Å²) < 4.78 is 4.17. The molecule has 7 heteroatoms. The lowest BCUT2D eigenvalue weighted by atomic mass is 10.5. The summed E-state index contributed by atoms with van der Waals surface area (Å²) in [6, 6.07) is 3.67. The van der Waals surface area contributed by atoms with Crippen LogP contribution in [0, 0.1) is 0 Å². The summed E-state index contributed by atoms with van der Waals surface area (Å²) in [5.74, 6) is 0. The van der Waals surface area contributed by atoms with E-state index in [0.29, 0.717) is 4.73 Å². The van der Waals surface area contributed by atoms with Crippen molar-refractivity contribution in [3.05, 3.63) is 23.2 Å². The van der Waals surface area contributed by atoms with Crippen molar-refractivity contribution in [3.8, 4) is 0 Å². The predicted octanol–water partition coefficient (Wildman–Crippen LogP) is 0.534. The van der Waals surface area contributed by atoms with Crippen molar-refractivity contribution >= 4 is 27.2 Å². The van der Waals surface area contributed by atoms with Gasteiger partial charge in [-0.1, -0.05) is 0 Å². The lowest BCUT2D eigenvalue weighted by molar-refractivity contribution is 0.820. The molecule has 3 rings (SSSR count). The van der Waals surface area contributed by atoms with E-state index in [1.54, 1.807) is 15.4 Å². The molecular formula is C6H3BrN6. The van der Waals surface area contributed by atoms with Gasteiger partial charge in [0.15, 0.2) is 11.3 Å². The molecule has 0 aliphatic rings. The lowest BCUT2D eigenvalue weighted by Gasteiger charge is -1.96. The summed E-state index contributed by atoms with van der Waals surface area (Å²) in [4.78, 5) is 0. The standard InChI is InChI=1S/C6H3BrN6/c7-6-11-10-5-2-1-4-9-8-3-12(4)13(5)6/h1-3H. The highest BCUT2D eigenvalue weighted by molar-refractivity contribution is 9.10. The minimum atomic E-state index is 0.632. The second-order valence-corrected chi connectivity index (χ2v) is 3.22. The van der Waals surface area contributed by atoms with Crippen LogP contribution in [0.15, 0.2) is 23.2 Å². The molecule has 13 heavy (non-hydrogen) atoms. The summed E-state index contributed by atoms with van der Waals surface area (Å²) in [5.41, 5.74) is 1.51. The third kappa shape index (κ3) is 0.816. The molecule has 64 valence electrons. The highest BCUT2D eigenvalue weighted by atomic mass is 79.9. The summed E-state index contributed by atoms with van der Waals surface area (Å²) in [5, 5.41) is 15.5. The Balaban J connectivity index is 2.70. The van der Waals surface area contributed by atoms with Gasteiger partial charge >= 0.3 is 0 Å². The van der Waals surface area contributed by atoms with Crippen LogP contribution in [0.25, 0.3) is 11.3 Å². The molecule has 0 saturated carbocycles. The zero-order chi connectivity index (χ0) is 8.84. The molecule has 0 aliphatic heterocycles. The predicted molar refractivity (Wildman–Crippen MR) is 47.2 cm³/mol. The van der Waals surface area contributed by atoms with E-state index in [-0.39, 0.29) is 0 Å². The first kappa shape index (κ1) is 6.96. The molecule has 0 amide bonds. The van der Waals surface area contributed by atoms with Crippen LogP contribution >= 0.6 is 15.9 Å². The fourth-order valence-electron chi connectivity index (χ4n) is 1.23. The van der Waals surface area contributed by atoms with Gasteiger partial charge in [0.2, 0.25) is 4.73 Å². The quantitative estimate of drug-likeness (QED) is 0.574. The number of aromatic nitrogens is 6. The number of hydrogen-bond donors (Lipinski definition) is 0. The van der Waals surface area contributed by atoms with Crippen LogP contribution in [0.1, 0.15) is 0 Å². The molecular weight excluding hydrogens is 236 g/mol. The van der Waals surface area contributed by atoms with Gasteiger partial charge in [0, 0.05) is 0 Å². The first-order valence-corrected chi connectivity index (χ1v) is 4.35. The fourth-order valence-corrected chi connectivity index (χ4v) is 1.66. The van der Waals surface area contributed by atoms with Gasteiger partial charge in [0.25, 0.3) is 0 Å². The molecule has 3 heterocycles. The topological polar surface area (TPSA) is 60.4 Å². The summed E-state index contributed by atoms with van der Waals surface area (Å²) in [6.45, 7) is 0. The molecule has 0 unspecified atom stereocenters. The molecule has 0 radical (unpaired) electrons. The van der Waals surface area contributed by atoms with E-state index in [2.05, 4.69) is 36.3 Å². The average Bonchev–Trinajstić information content (AvgIpc) is 2.70. The number of rotatable bonds is 0.